The zero-order valence-corrected chi connectivity index (χ0v) is 15.8. The molecule has 0 aromatic heterocycles. The van der Waals surface area contributed by atoms with Crippen molar-refractivity contribution in [3.05, 3.63) is 65.7 Å². The van der Waals surface area contributed by atoms with Crippen LogP contribution in [0.4, 0.5) is 5.69 Å². The first-order valence-electron chi connectivity index (χ1n) is 8.44. The maximum absolute atomic E-state index is 13.2. The second kappa shape index (κ2) is 8.08. The van der Waals surface area contributed by atoms with E-state index in [2.05, 4.69) is 16.2 Å². The third-order valence-electron chi connectivity index (χ3n) is 4.54. The average molecular weight is 377 g/mol. The molecule has 0 saturated heterocycles. The second-order valence-electron chi connectivity index (χ2n) is 6.15. The highest BCUT2D eigenvalue weighted by Crippen LogP contribution is 2.37. The van der Waals surface area contributed by atoms with Gasteiger partial charge in [-0.25, -0.2) is 4.99 Å². The lowest BCUT2D eigenvalue weighted by atomic mass is 9.76. The Balaban J connectivity index is 2.04. The monoisotopic (exact) mass is 377 g/mol. The van der Waals surface area contributed by atoms with Gasteiger partial charge >= 0.3 is 0 Å². The molecule has 2 aromatic carbocycles. The fraction of sp³-hybridized carbons (Fsp3) is 0.190. The van der Waals surface area contributed by atoms with E-state index < -0.39 is 11.8 Å². The highest BCUT2D eigenvalue weighted by atomic mass is 32.1. The van der Waals surface area contributed by atoms with E-state index in [4.69, 9.17) is 22.4 Å². The van der Waals surface area contributed by atoms with Crippen LogP contribution < -0.4 is 10.1 Å². The van der Waals surface area contributed by atoms with E-state index in [1.165, 1.54) is 0 Å². The largest absolute Gasteiger partial charge is 0.495 e. The average Bonchev–Trinajstić information content (AvgIpc) is 2.68. The molecule has 2 aromatic rings. The minimum Gasteiger partial charge on any atom is -0.495 e. The van der Waals surface area contributed by atoms with Crippen molar-refractivity contribution in [2.45, 2.75) is 12.8 Å². The standard InChI is InChI=1S/C21H19N3O2S/c1-13-18(20(25)24-16-10-6-7-11-17(16)26-2)19(14-8-4-3-5-9-14)15(12-22)21(27)23-13/h3-11,18-19,22H,1-2H3,(H,24,25)/t18?,19-/m1/s1. The summed E-state index contributed by atoms with van der Waals surface area (Å²) >= 11 is 5.33. The highest BCUT2D eigenvalue weighted by molar-refractivity contribution is 7.80. The summed E-state index contributed by atoms with van der Waals surface area (Å²) in [6, 6.07) is 16.8. The molecule has 136 valence electrons. The molecule has 0 aliphatic carbocycles. The van der Waals surface area contributed by atoms with E-state index in [0.29, 0.717) is 27.7 Å². The lowest BCUT2D eigenvalue weighted by Crippen LogP contribution is -2.38. The summed E-state index contributed by atoms with van der Waals surface area (Å²) in [5.41, 5.74) is 2.53. The van der Waals surface area contributed by atoms with Crippen LogP contribution in [0.15, 0.2) is 65.2 Å². The van der Waals surface area contributed by atoms with Crippen molar-refractivity contribution >= 4 is 40.4 Å². The molecule has 1 amide bonds. The van der Waals surface area contributed by atoms with Crippen molar-refractivity contribution < 1.29 is 9.53 Å². The number of rotatable bonds is 4. The summed E-state index contributed by atoms with van der Waals surface area (Å²) in [7, 11) is 1.55. The molecule has 0 saturated carbocycles. The first kappa shape index (κ1) is 18.7. The first-order valence-corrected chi connectivity index (χ1v) is 8.85. The number of benzene rings is 2. The van der Waals surface area contributed by atoms with Gasteiger partial charge in [0.1, 0.15) is 10.7 Å². The lowest BCUT2D eigenvalue weighted by Gasteiger charge is -2.31. The van der Waals surface area contributed by atoms with Gasteiger partial charge in [-0.05, 0) is 30.5 Å². The molecule has 1 aliphatic heterocycles. The number of nitrogens with zero attached hydrogens (tertiary/aromatic N) is 1. The highest BCUT2D eigenvalue weighted by Gasteiger charge is 2.39. The number of amides is 1. The maximum Gasteiger partial charge on any atom is 0.234 e. The normalized spacial score (nSPS) is 19.1. The summed E-state index contributed by atoms with van der Waals surface area (Å²) in [4.78, 5) is 17.8. The van der Waals surface area contributed by atoms with Crippen molar-refractivity contribution in [3.8, 4) is 5.75 Å². The quantitative estimate of drug-likeness (QED) is 0.480. The number of ether oxygens (including phenoxy) is 1. The topological polar surface area (TPSA) is 74.5 Å². The van der Waals surface area contributed by atoms with Gasteiger partial charge in [-0.15, -0.1) is 0 Å². The zero-order valence-electron chi connectivity index (χ0n) is 15.0. The molecule has 1 unspecified atom stereocenters. The summed E-state index contributed by atoms with van der Waals surface area (Å²) < 4.78 is 5.32. The second-order valence-corrected chi connectivity index (χ2v) is 6.54. The van der Waals surface area contributed by atoms with Gasteiger partial charge in [-0.2, -0.15) is 0 Å². The number of carbonyl (C=O) groups excluding carboxylic acids is 1. The van der Waals surface area contributed by atoms with Crippen molar-refractivity contribution in [1.29, 1.82) is 5.41 Å². The number of nitrogens with one attached hydrogen (secondary N) is 2. The molecule has 2 N–H and O–H groups in total. The summed E-state index contributed by atoms with van der Waals surface area (Å²) in [5.74, 6) is 1.74. The molecule has 0 radical (unpaired) electrons. The zero-order chi connectivity index (χ0) is 19.4. The predicted molar refractivity (Wildman–Crippen MR) is 111 cm³/mol. The van der Waals surface area contributed by atoms with Crippen molar-refractivity contribution in [2.24, 2.45) is 10.9 Å². The Morgan fingerprint density at radius 3 is 2.52 bits per heavy atom. The van der Waals surface area contributed by atoms with E-state index in [1.54, 1.807) is 26.2 Å². The Bertz CT molecular complexity index is 962. The number of carbonyl (C=O) groups is 1. The minimum atomic E-state index is -0.600. The number of anilines is 1. The number of thiocarbonyl (C=S) groups is 1. The smallest absolute Gasteiger partial charge is 0.234 e. The fourth-order valence-electron chi connectivity index (χ4n) is 3.28. The predicted octanol–water partition coefficient (Wildman–Crippen LogP) is 4.01. The number of para-hydroxylation sites is 2. The Morgan fingerprint density at radius 2 is 1.85 bits per heavy atom. The van der Waals surface area contributed by atoms with Gasteiger partial charge in [-0.3, -0.25) is 10.2 Å². The van der Waals surface area contributed by atoms with Gasteiger partial charge in [0.25, 0.3) is 0 Å². The van der Waals surface area contributed by atoms with E-state index in [1.807, 2.05) is 42.5 Å². The number of hydrogen-bond acceptors (Lipinski definition) is 4. The van der Waals surface area contributed by atoms with E-state index in [9.17, 15) is 4.79 Å². The Kier molecular flexibility index (Phi) is 5.60. The van der Waals surface area contributed by atoms with Crippen LogP contribution >= 0.6 is 12.2 Å². The molecule has 5 nitrogen and oxygen atoms in total. The lowest BCUT2D eigenvalue weighted by molar-refractivity contribution is -0.118. The third kappa shape index (κ3) is 3.72. The summed E-state index contributed by atoms with van der Waals surface area (Å²) in [6.45, 7) is 1.79. The van der Waals surface area contributed by atoms with Crippen molar-refractivity contribution in [1.82, 2.24) is 0 Å². The van der Waals surface area contributed by atoms with E-state index in [-0.39, 0.29) is 5.91 Å². The maximum atomic E-state index is 13.2. The summed E-state index contributed by atoms with van der Waals surface area (Å²) in [6.07, 6.45) is 0. The Hall–Kier alpha value is -3.08. The van der Waals surface area contributed by atoms with Gasteiger partial charge in [0.2, 0.25) is 5.91 Å². The van der Waals surface area contributed by atoms with Crippen LogP contribution in [0, 0.1) is 11.3 Å². The molecule has 6 heteroatoms. The minimum absolute atomic E-state index is 0.232. The van der Waals surface area contributed by atoms with E-state index in [0.717, 1.165) is 5.56 Å². The van der Waals surface area contributed by atoms with Gasteiger partial charge in [0.15, 0.2) is 0 Å². The number of aliphatic imine (C=N–C) groups is 1. The summed E-state index contributed by atoms with van der Waals surface area (Å²) in [5, 5.41) is 10.6. The Labute approximate surface area is 163 Å². The van der Waals surface area contributed by atoms with Crippen LogP contribution in [0.25, 0.3) is 0 Å². The molecule has 27 heavy (non-hydrogen) atoms. The fourth-order valence-corrected chi connectivity index (χ4v) is 3.60. The molecular weight excluding hydrogens is 358 g/mol. The van der Waals surface area contributed by atoms with E-state index >= 15 is 0 Å². The Morgan fingerprint density at radius 1 is 1.19 bits per heavy atom. The molecule has 0 bridgehead atoms. The van der Waals surface area contributed by atoms with Gasteiger partial charge in [0.05, 0.1) is 24.3 Å². The molecule has 3 rings (SSSR count). The van der Waals surface area contributed by atoms with Gasteiger partial charge in [0, 0.05) is 11.6 Å². The number of hydrogen-bond donors (Lipinski definition) is 2. The molecule has 2 atom stereocenters. The van der Waals surface area contributed by atoms with Crippen LogP contribution in [0.2, 0.25) is 0 Å². The first-order chi connectivity index (χ1) is 13.1. The molecule has 1 aliphatic rings. The van der Waals surface area contributed by atoms with Gasteiger partial charge in [-0.1, -0.05) is 54.7 Å². The van der Waals surface area contributed by atoms with Gasteiger partial charge < -0.3 is 10.1 Å². The van der Waals surface area contributed by atoms with Crippen LogP contribution in [-0.2, 0) is 4.79 Å². The molecule has 0 fully saturated rings. The van der Waals surface area contributed by atoms with Crippen LogP contribution in [0.5, 0.6) is 5.75 Å². The number of methoxy groups -OCH3 is 1. The van der Waals surface area contributed by atoms with Crippen LogP contribution in [-0.4, -0.2) is 29.6 Å². The molecule has 1 heterocycles. The van der Waals surface area contributed by atoms with Crippen molar-refractivity contribution in [3.63, 3.8) is 0 Å². The third-order valence-corrected chi connectivity index (χ3v) is 4.85. The SMILES string of the molecule is COc1ccccc1NC(=O)C1C(C)=NC(=S)C(=C=N)[C@H]1c1ccccc1. The van der Waals surface area contributed by atoms with Crippen LogP contribution in [0.3, 0.4) is 0 Å². The van der Waals surface area contributed by atoms with Crippen LogP contribution in [0.1, 0.15) is 18.4 Å². The van der Waals surface area contributed by atoms with Crippen molar-refractivity contribution in [2.75, 3.05) is 12.4 Å². The molecule has 0 spiro atoms. The molecular formula is C21H19N3O2S.